The van der Waals surface area contributed by atoms with Gasteiger partial charge in [-0.2, -0.15) is 0 Å². The third kappa shape index (κ3) is 3.74. The second-order valence-corrected chi connectivity index (χ2v) is 9.15. The molecule has 4 rings (SSSR count). The van der Waals surface area contributed by atoms with Crippen molar-refractivity contribution in [1.29, 1.82) is 0 Å². The fraction of sp³-hybridized carbons (Fsp3) is 0.550. The molecule has 0 saturated carbocycles. The number of benzene rings is 1. The number of morpholine rings is 1. The molecule has 2 aliphatic heterocycles. The zero-order chi connectivity index (χ0) is 21.0. The number of fused-ring (bicyclic) bond motifs is 1. The van der Waals surface area contributed by atoms with E-state index in [1.54, 1.807) is 0 Å². The molecule has 2 aromatic rings. The summed E-state index contributed by atoms with van der Waals surface area (Å²) in [5.41, 5.74) is 0.905. The smallest absolute Gasteiger partial charge is 0.465 e. The molecule has 1 aromatic heterocycles. The van der Waals surface area contributed by atoms with Crippen LogP contribution in [0.25, 0.3) is 10.9 Å². The van der Waals surface area contributed by atoms with E-state index in [0.29, 0.717) is 31.3 Å². The van der Waals surface area contributed by atoms with E-state index in [4.69, 9.17) is 25.6 Å². The predicted octanol–water partition coefficient (Wildman–Crippen LogP) is 2.97. The number of hydrogen-bond donors (Lipinski definition) is 1. The highest BCUT2D eigenvalue weighted by Crippen LogP contribution is 2.37. The molecule has 0 aliphatic carbocycles. The highest BCUT2D eigenvalue weighted by Gasteiger charge is 2.52. The lowest BCUT2D eigenvalue weighted by Gasteiger charge is -2.32. The van der Waals surface area contributed by atoms with Crippen LogP contribution in [0.3, 0.4) is 0 Å². The summed E-state index contributed by atoms with van der Waals surface area (Å²) in [5.74, 6) is 0. The highest BCUT2D eigenvalue weighted by atomic mass is 35.5. The number of carbonyl (C=O) groups is 1. The summed E-state index contributed by atoms with van der Waals surface area (Å²) < 4.78 is 20.4. The van der Waals surface area contributed by atoms with Crippen molar-refractivity contribution < 1.29 is 23.9 Å². The minimum atomic E-state index is -0.916. The number of rotatable bonds is 3. The maximum Gasteiger partial charge on any atom is 0.497 e. The third-order valence-corrected chi connectivity index (χ3v) is 6.39. The third-order valence-electron chi connectivity index (χ3n) is 6.17. The van der Waals surface area contributed by atoms with Gasteiger partial charge in [-0.3, -0.25) is 0 Å². The van der Waals surface area contributed by atoms with Crippen molar-refractivity contribution in [3.8, 4) is 0 Å². The van der Waals surface area contributed by atoms with Crippen molar-refractivity contribution in [2.24, 2.45) is 0 Å². The Bertz CT molecular complexity index is 928. The van der Waals surface area contributed by atoms with Crippen LogP contribution in [0.1, 0.15) is 27.7 Å². The van der Waals surface area contributed by atoms with Gasteiger partial charge in [-0.25, -0.2) is 4.79 Å². The summed E-state index contributed by atoms with van der Waals surface area (Å²) in [7, 11) is -0.544. The fourth-order valence-electron chi connectivity index (χ4n) is 3.87. The minimum absolute atomic E-state index is 0.225. The summed E-state index contributed by atoms with van der Waals surface area (Å²) in [6.07, 6.45) is 0.830. The number of aromatic nitrogens is 1. The van der Waals surface area contributed by atoms with Crippen LogP contribution in [0.5, 0.6) is 0 Å². The number of ether oxygens (including phenoxy) is 1. The average molecular weight is 421 g/mol. The molecule has 2 fully saturated rings. The van der Waals surface area contributed by atoms with Gasteiger partial charge in [-0.15, -0.1) is 0 Å². The van der Waals surface area contributed by atoms with Gasteiger partial charge in [0.15, 0.2) is 0 Å². The lowest BCUT2D eigenvalue weighted by Crippen LogP contribution is -2.46. The number of nitrogens with zero attached hydrogens (tertiary/aromatic N) is 2. The number of carboxylic acid groups (broad SMARTS) is 1. The minimum Gasteiger partial charge on any atom is -0.465 e. The first-order valence-electron chi connectivity index (χ1n) is 9.81. The van der Waals surface area contributed by atoms with E-state index in [9.17, 15) is 9.90 Å². The Labute approximate surface area is 175 Å². The van der Waals surface area contributed by atoms with Gasteiger partial charge in [0.1, 0.15) is 0 Å². The van der Waals surface area contributed by atoms with Gasteiger partial charge in [0, 0.05) is 34.1 Å². The summed E-state index contributed by atoms with van der Waals surface area (Å²) in [5, 5.41) is 10.9. The molecule has 0 radical (unpaired) electrons. The second-order valence-electron chi connectivity index (χ2n) is 8.71. The molecule has 0 spiro atoms. The standard InChI is InChI=1S/C20H26BClN2O5/c1-19(2)20(3,4)29-21(28-19)16-10-14(22)9-13-5-6-23(17(13)16)11-15-12-24(18(25)26)7-8-27-15/h5-6,9-10,15H,7-8,11-12H2,1-4H3,(H,25,26). The van der Waals surface area contributed by atoms with E-state index >= 15 is 0 Å². The average Bonchev–Trinajstić information content (AvgIpc) is 3.12. The Morgan fingerprint density at radius 1 is 1.28 bits per heavy atom. The second kappa shape index (κ2) is 7.20. The van der Waals surface area contributed by atoms with Gasteiger partial charge < -0.3 is 28.6 Å². The molecular weight excluding hydrogens is 394 g/mol. The molecule has 1 unspecified atom stereocenters. The molecular formula is C20H26BClN2O5. The molecule has 2 aliphatic rings. The summed E-state index contributed by atoms with van der Waals surface area (Å²) >= 11 is 6.38. The van der Waals surface area contributed by atoms with Crippen molar-refractivity contribution in [2.45, 2.75) is 51.5 Å². The van der Waals surface area contributed by atoms with Gasteiger partial charge in [0.05, 0.1) is 37.0 Å². The number of halogens is 1. The Morgan fingerprint density at radius 3 is 2.62 bits per heavy atom. The van der Waals surface area contributed by atoms with E-state index in [2.05, 4.69) is 4.57 Å². The maximum atomic E-state index is 11.3. The summed E-state index contributed by atoms with van der Waals surface area (Å²) in [4.78, 5) is 12.7. The van der Waals surface area contributed by atoms with Gasteiger partial charge in [-0.05, 0) is 45.9 Å². The monoisotopic (exact) mass is 420 g/mol. The zero-order valence-corrected chi connectivity index (χ0v) is 17.9. The van der Waals surface area contributed by atoms with Crippen molar-refractivity contribution in [3.05, 3.63) is 29.4 Å². The molecule has 3 heterocycles. The van der Waals surface area contributed by atoms with Crippen molar-refractivity contribution in [2.75, 3.05) is 19.7 Å². The SMILES string of the molecule is CC1(C)OB(c2cc(Cl)cc3ccn(CC4CN(C(=O)O)CCO4)c23)OC1(C)C. The van der Waals surface area contributed by atoms with Crippen LogP contribution in [0.4, 0.5) is 4.79 Å². The van der Waals surface area contributed by atoms with Crippen LogP contribution in [-0.4, -0.2) is 64.8 Å². The van der Waals surface area contributed by atoms with Crippen LogP contribution < -0.4 is 5.46 Å². The molecule has 1 atom stereocenters. The summed E-state index contributed by atoms with van der Waals surface area (Å²) in [6.45, 7) is 9.73. The van der Waals surface area contributed by atoms with Crippen LogP contribution in [-0.2, 0) is 20.6 Å². The van der Waals surface area contributed by atoms with Crippen LogP contribution in [0.15, 0.2) is 24.4 Å². The Balaban J connectivity index is 1.68. The van der Waals surface area contributed by atoms with E-state index in [0.717, 1.165) is 16.4 Å². The normalized spacial score (nSPS) is 23.7. The fourth-order valence-corrected chi connectivity index (χ4v) is 4.11. The lowest BCUT2D eigenvalue weighted by atomic mass is 9.78. The van der Waals surface area contributed by atoms with E-state index in [1.807, 2.05) is 52.1 Å². The molecule has 1 N–H and O–H groups in total. The molecule has 29 heavy (non-hydrogen) atoms. The van der Waals surface area contributed by atoms with Gasteiger partial charge in [-0.1, -0.05) is 11.6 Å². The van der Waals surface area contributed by atoms with Crippen LogP contribution >= 0.6 is 11.6 Å². The number of hydrogen-bond acceptors (Lipinski definition) is 4. The number of amides is 1. The van der Waals surface area contributed by atoms with E-state index < -0.39 is 24.4 Å². The Hall–Kier alpha value is -1.74. The van der Waals surface area contributed by atoms with Gasteiger partial charge in [0.2, 0.25) is 0 Å². The maximum absolute atomic E-state index is 11.3. The molecule has 156 valence electrons. The summed E-state index contributed by atoms with van der Waals surface area (Å²) in [6, 6.07) is 5.79. The molecule has 1 amide bonds. The Morgan fingerprint density at radius 2 is 1.97 bits per heavy atom. The first kappa shape index (κ1) is 20.5. The predicted molar refractivity (Wildman–Crippen MR) is 112 cm³/mol. The van der Waals surface area contributed by atoms with Gasteiger partial charge in [0.25, 0.3) is 0 Å². The van der Waals surface area contributed by atoms with Crippen LogP contribution in [0, 0.1) is 0 Å². The quantitative estimate of drug-likeness (QED) is 0.773. The zero-order valence-electron chi connectivity index (χ0n) is 17.1. The first-order chi connectivity index (χ1) is 13.6. The molecule has 7 nitrogen and oxygen atoms in total. The molecule has 9 heteroatoms. The van der Waals surface area contributed by atoms with E-state index in [-0.39, 0.29) is 6.10 Å². The highest BCUT2D eigenvalue weighted by molar-refractivity contribution is 6.65. The van der Waals surface area contributed by atoms with E-state index in [1.165, 1.54) is 4.90 Å². The lowest BCUT2D eigenvalue weighted by molar-refractivity contribution is -0.0287. The largest absolute Gasteiger partial charge is 0.497 e. The van der Waals surface area contributed by atoms with Gasteiger partial charge >= 0.3 is 13.2 Å². The first-order valence-corrected chi connectivity index (χ1v) is 10.2. The molecule has 2 saturated heterocycles. The van der Waals surface area contributed by atoms with Crippen molar-refractivity contribution in [3.63, 3.8) is 0 Å². The van der Waals surface area contributed by atoms with Crippen molar-refractivity contribution >= 4 is 41.2 Å². The molecule has 1 aromatic carbocycles. The van der Waals surface area contributed by atoms with Crippen LogP contribution in [0.2, 0.25) is 5.02 Å². The Kier molecular flexibility index (Phi) is 5.10. The van der Waals surface area contributed by atoms with Crippen molar-refractivity contribution in [1.82, 2.24) is 9.47 Å². The molecule has 0 bridgehead atoms. The topological polar surface area (TPSA) is 73.2 Å².